The van der Waals surface area contributed by atoms with Gasteiger partial charge in [0.25, 0.3) is 0 Å². The molecule has 3 aliphatic rings. The highest BCUT2D eigenvalue weighted by Gasteiger charge is 2.50. The maximum atomic E-state index is 12.6. The number of hydrogen-bond donors (Lipinski definition) is 1. The second-order valence-corrected chi connectivity index (χ2v) is 10.4. The zero-order valence-electron chi connectivity index (χ0n) is 10.9. The van der Waals surface area contributed by atoms with Gasteiger partial charge in [0.05, 0.1) is 16.8 Å². The van der Waals surface area contributed by atoms with Crippen molar-refractivity contribution in [3.63, 3.8) is 0 Å². The van der Waals surface area contributed by atoms with Crippen LogP contribution in [0.2, 0.25) is 0 Å². The summed E-state index contributed by atoms with van der Waals surface area (Å²) in [6, 6.07) is -0.0201. The van der Waals surface area contributed by atoms with Crippen LogP contribution in [0.15, 0.2) is 0 Å². The van der Waals surface area contributed by atoms with Crippen molar-refractivity contribution < 1.29 is 16.8 Å². The minimum Gasteiger partial charge on any atom is -0.316 e. The molecule has 0 aromatic heterocycles. The van der Waals surface area contributed by atoms with E-state index in [9.17, 15) is 16.8 Å². The maximum absolute atomic E-state index is 12.6. The van der Waals surface area contributed by atoms with Gasteiger partial charge in [-0.2, -0.15) is 4.31 Å². The van der Waals surface area contributed by atoms with Gasteiger partial charge in [-0.3, -0.25) is 0 Å². The van der Waals surface area contributed by atoms with Crippen molar-refractivity contribution in [1.29, 1.82) is 0 Å². The van der Waals surface area contributed by atoms with E-state index in [-0.39, 0.29) is 24.0 Å². The van der Waals surface area contributed by atoms with Gasteiger partial charge in [-0.1, -0.05) is 0 Å². The molecule has 3 aliphatic heterocycles. The van der Waals surface area contributed by atoms with Crippen LogP contribution < -0.4 is 5.32 Å². The molecule has 0 aromatic rings. The van der Waals surface area contributed by atoms with Crippen LogP contribution in [0, 0.1) is 11.8 Å². The van der Waals surface area contributed by atoms with Gasteiger partial charge in [0.15, 0.2) is 9.84 Å². The summed E-state index contributed by atoms with van der Waals surface area (Å²) in [4.78, 5) is 0. The highest BCUT2D eigenvalue weighted by atomic mass is 32.2. The lowest BCUT2D eigenvalue weighted by atomic mass is 9.95. The molecule has 4 unspecified atom stereocenters. The molecule has 3 rings (SSSR count). The van der Waals surface area contributed by atoms with Gasteiger partial charge in [0.1, 0.15) is 0 Å². The van der Waals surface area contributed by atoms with Gasteiger partial charge in [-0.05, 0) is 38.3 Å². The lowest BCUT2D eigenvalue weighted by Gasteiger charge is -2.26. The fourth-order valence-electron chi connectivity index (χ4n) is 3.65. The third kappa shape index (κ3) is 2.22. The number of hydrogen-bond acceptors (Lipinski definition) is 5. The Morgan fingerprint density at radius 2 is 2.00 bits per heavy atom. The molecule has 0 radical (unpaired) electrons. The Kier molecular flexibility index (Phi) is 3.20. The van der Waals surface area contributed by atoms with Gasteiger partial charge in [0.2, 0.25) is 10.0 Å². The molecule has 6 nitrogen and oxygen atoms in total. The summed E-state index contributed by atoms with van der Waals surface area (Å²) in [6.07, 6.45) is 0.251. The zero-order valence-corrected chi connectivity index (χ0v) is 12.6. The normalized spacial score (nSPS) is 42.6. The van der Waals surface area contributed by atoms with E-state index in [1.165, 1.54) is 0 Å². The van der Waals surface area contributed by atoms with Crippen LogP contribution >= 0.6 is 0 Å². The molecule has 3 saturated heterocycles. The number of rotatable bonds is 2. The summed E-state index contributed by atoms with van der Waals surface area (Å²) >= 11 is 0. The molecule has 0 aromatic carbocycles. The molecule has 0 saturated carbocycles. The van der Waals surface area contributed by atoms with Gasteiger partial charge >= 0.3 is 0 Å². The van der Waals surface area contributed by atoms with Crippen LogP contribution in [0.25, 0.3) is 0 Å². The standard InChI is InChI=1S/C11H20N2O4S2/c1-8-11-5-12-4-9(11)6-13(8)19(16,17)10-2-3-18(14,15)7-10/h8-12H,2-7H2,1H3. The number of nitrogens with one attached hydrogen (secondary N) is 1. The Bertz CT molecular complexity index is 572. The molecule has 4 atom stereocenters. The van der Waals surface area contributed by atoms with Gasteiger partial charge in [-0.15, -0.1) is 0 Å². The van der Waals surface area contributed by atoms with Crippen LogP contribution in [0.5, 0.6) is 0 Å². The first kappa shape index (κ1) is 13.8. The van der Waals surface area contributed by atoms with Crippen LogP contribution in [0.1, 0.15) is 13.3 Å². The predicted molar refractivity (Wildman–Crippen MR) is 72.0 cm³/mol. The van der Waals surface area contributed by atoms with Gasteiger partial charge in [-0.25, -0.2) is 16.8 Å². The monoisotopic (exact) mass is 308 g/mol. The van der Waals surface area contributed by atoms with Crippen molar-refractivity contribution in [2.45, 2.75) is 24.6 Å². The Balaban J connectivity index is 1.82. The number of sulfonamides is 1. The van der Waals surface area contributed by atoms with Gasteiger partial charge in [0, 0.05) is 12.6 Å². The smallest absolute Gasteiger partial charge is 0.218 e. The SMILES string of the molecule is CC1C2CNCC2CN1S(=O)(=O)C1CCS(=O)(=O)C1. The molecule has 1 N–H and O–H groups in total. The van der Waals surface area contributed by atoms with Crippen LogP contribution in [-0.4, -0.2) is 63.6 Å². The molecule has 0 spiro atoms. The predicted octanol–water partition coefficient (Wildman–Crippen LogP) is -0.957. The first-order chi connectivity index (χ1) is 8.81. The topological polar surface area (TPSA) is 83.6 Å². The first-order valence-corrected chi connectivity index (χ1v) is 10.1. The summed E-state index contributed by atoms with van der Waals surface area (Å²) in [5.41, 5.74) is 0. The quantitative estimate of drug-likeness (QED) is 0.710. The van der Waals surface area contributed by atoms with E-state index >= 15 is 0 Å². The summed E-state index contributed by atoms with van der Waals surface area (Å²) < 4.78 is 49.7. The van der Waals surface area contributed by atoms with Gasteiger partial charge < -0.3 is 5.32 Å². The fraction of sp³-hybridized carbons (Fsp3) is 1.00. The van der Waals surface area contributed by atoms with E-state index in [2.05, 4.69) is 5.32 Å². The van der Waals surface area contributed by atoms with Crippen LogP contribution in [0.3, 0.4) is 0 Å². The molecular weight excluding hydrogens is 288 g/mol. The van der Waals surface area contributed by atoms with Crippen LogP contribution in [-0.2, 0) is 19.9 Å². The van der Waals surface area contributed by atoms with E-state index in [1.54, 1.807) is 4.31 Å². The van der Waals surface area contributed by atoms with Crippen molar-refractivity contribution in [3.05, 3.63) is 0 Å². The third-order valence-electron chi connectivity index (χ3n) is 4.82. The summed E-state index contributed by atoms with van der Waals surface area (Å²) in [7, 11) is -6.64. The first-order valence-electron chi connectivity index (χ1n) is 6.73. The minimum atomic E-state index is -3.47. The average molecular weight is 308 g/mol. The van der Waals surface area contributed by atoms with Crippen LogP contribution in [0.4, 0.5) is 0 Å². The van der Waals surface area contributed by atoms with E-state index in [4.69, 9.17) is 0 Å². The molecule has 8 heteroatoms. The zero-order chi connectivity index (χ0) is 13.8. The molecule has 0 bridgehead atoms. The molecule has 0 amide bonds. The highest BCUT2D eigenvalue weighted by Crippen LogP contribution is 2.36. The van der Waals surface area contributed by atoms with Crippen molar-refractivity contribution in [2.75, 3.05) is 31.1 Å². The van der Waals surface area contributed by atoms with E-state index < -0.39 is 25.1 Å². The molecular formula is C11H20N2O4S2. The van der Waals surface area contributed by atoms with E-state index in [0.717, 1.165) is 13.1 Å². The summed E-state index contributed by atoms with van der Waals surface area (Å²) in [5, 5.41) is 2.56. The van der Waals surface area contributed by atoms with Crippen molar-refractivity contribution in [2.24, 2.45) is 11.8 Å². The Morgan fingerprint density at radius 3 is 2.58 bits per heavy atom. The molecule has 110 valence electrons. The van der Waals surface area contributed by atoms with Crippen molar-refractivity contribution >= 4 is 19.9 Å². The van der Waals surface area contributed by atoms with Crippen molar-refractivity contribution in [3.8, 4) is 0 Å². The number of fused-ring (bicyclic) bond motifs is 1. The third-order valence-corrected chi connectivity index (χ3v) is 9.18. The second kappa shape index (κ2) is 4.41. The number of sulfone groups is 1. The van der Waals surface area contributed by atoms with E-state index in [1.807, 2.05) is 6.92 Å². The Morgan fingerprint density at radius 1 is 1.26 bits per heavy atom. The maximum Gasteiger partial charge on any atom is 0.218 e. The largest absolute Gasteiger partial charge is 0.316 e. The molecule has 3 heterocycles. The summed E-state index contributed by atoms with van der Waals surface area (Å²) in [6.45, 7) is 4.21. The second-order valence-electron chi connectivity index (χ2n) is 5.96. The average Bonchev–Trinajstić information content (AvgIpc) is 2.96. The minimum absolute atomic E-state index is 0.00747. The lowest BCUT2D eigenvalue weighted by molar-refractivity contribution is 0.356. The summed E-state index contributed by atoms with van der Waals surface area (Å²) in [5.74, 6) is 0.551. The lowest BCUT2D eigenvalue weighted by Crippen LogP contribution is -2.43. The van der Waals surface area contributed by atoms with Crippen molar-refractivity contribution in [1.82, 2.24) is 9.62 Å². The molecule has 0 aliphatic carbocycles. The molecule has 19 heavy (non-hydrogen) atoms. The Hall–Kier alpha value is -0.180. The highest BCUT2D eigenvalue weighted by molar-refractivity contribution is 7.95. The Labute approximate surface area is 114 Å². The van der Waals surface area contributed by atoms with E-state index in [0.29, 0.717) is 18.4 Å². The fourth-order valence-corrected chi connectivity index (χ4v) is 8.47. The number of nitrogens with zero attached hydrogens (tertiary/aromatic N) is 1. The molecule has 3 fully saturated rings.